The van der Waals surface area contributed by atoms with Crippen LogP contribution in [0.3, 0.4) is 0 Å². The number of nitrogens with zero attached hydrogens (tertiary/aromatic N) is 1. The largest absolute Gasteiger partial charge is 0.480 e. The molecule has 2 aromatic carbocycles. The summed E-state index contributed by atoms with van der Waals surface area (Å²) in [5.41, 5.74) is 20.2. The maximum absolute atomic E-state index is 13.7. The normalized spacial score (nSPS) is 14.4. The topological polar surface area (TPSA) is 267 Å². The maximum atomic E-state index is 13.7. The number of aliphatic hydroxyl groups excluding tert-OH is 1. The molecule has 0 aliphatic rings. The molecular formula is C32H41N9O6. The van der Waals surface area contributed by atoms with E-state index in [1.807, 2.05) is 48.5 Å². The summed E-state index contributed by atoms with van der Waals surface area (Å²) in [6.07, 6.45) is 2.55. The van der Waals surface area contributed by atoms with E-state index in [2.05, 4.69) is 30.9 Å². The summed E-state index contributed by atoms with van der Waals surface area (Å²) < 4.78 is 0. The first kappa shape index (κ1) is 34.5. The van der Waals surface area contributed by atoms with E-state index >= 15 is 0 Å². The van der Waals surface area contributed by atoms with E-state index in [0.717, 1.165) is 32.9 Å². The van der Waals surface area contributed by atoms with E-state index in [4.69, 9.17) is 17.2 Å². The number of aliphatic imine (C=N–C) groups is 1. The van der Waals surface area contributed by atoms with Crippen molar-refractivity contribution in [2.24, 2.45) is 22.2 Å². The quantitative estimate of drug-likeness (QED) is 0.0435. The van der Waals surface area contributed by atoms with Gasteiger partial charge in [-0.25, -0.2) is 4.79 Å². The summed E-state index contributed by atoms with van der Waals surface area (Å²) in [4.78, 5) is 62.2. The van der Waals surface area contributed by atoms with Gasteiger partial charge in [0.2, 0.25) is 17.7 Å². The molecule has 5 atom stereocenters. The van der Waals surface area contributed by atoms with Crippen LogP contribution in [0.25, 0.3) is 21.8 Å². The van der Waals surface area contributed by atoms with Crippen molar-refractivity contribution >= 4 is 51.5 Å². The second-order valence-corrected chi connectivity index (χ2v) is 11.4. The fourth-order valence-electron chi connectivity index (χ4n) is 5.32. The molecule has 5 unspecified atom stereocenters. The lowest BCUT2D eigenvalue weighted by Gasteiger charge is -2.26. The minimum Gasteiger partial charge on any atom is -0.480 e. The van der Waals surface area contributed by atoms with E-state index < -0.39 is 54.0 Å². The van der Waals surface area contributed by atoms with Gasteiger partial charge in [-0.3, -0.25) is 19.4 Å². The fraction of sp³-hybridized carbons (Fsp3) is 0.344. The number of aromatic nitrogens is 2. The number of hydrogen-bond donors (Lipinski definition) is 10. The zero-order chi connectivity index (χ0) is 34.1. The van der Waals surface area contributed by atoms with Gasteiger partial charge in [0.15, 0.2) is 5.96 Å². The molecule has 2 heterocycles. The van der Waals surface area contributed by atoms with Gasteiger partial charge < -0.3 is 53.3 Å². The number of para-hydroxylation sites is 2. The van der Waals surface area contributed by atoms with Crippen LogP contribution >= 0.6 is 0 Å². The van der Waals surface area contributed by atoms with Gasteiger partial charge in [-0.15, -0.1) is 0 Å². The average molecular weight is 648 g/mol. The fourth-order valence-corrected chi connectivity index (χ4v) is 5.32. The third-order valence-corrected chi connectivity index (χ3v) is 7.81. The Balaban J connectivity index is 1.51. The van der Waals surface area contributed by atoms with Crippen LogP contribution in [0, 0.1) is 0 Å². The highest BCUT2D eigenvalue weighted by Crippen LogP contribution is 2.21. The van der Waals surface area contributed by atoms with Crippen LogP contribution in [-0.4, -0.2) is 86.6 Å². The van der Waals surface area contributed by atoms with Gasteiger partial charge >= 0.3 is 5.97 Å². The standard InChI is InChI=1S/C32H41N9O6/c1-17(42)27(30(45)39-25(31(46)47)11-6-12-36-32(34)35)41-29(44)26(14-19-16-38-24-10-5-3-8-21(19)24)40-28(43)22(33)13-18-15-37-23-9-4-2-7-20(18)23/h2-5,7-10,15-17,22,25-27,37-38,42H,6,11-14,33H2,1H3,(H,39,45)(H,40,43)(H,41,44)(H,46,47)(H4,34,35,36). The molecule has 0 saturated heterocycles. The number of carbonyl (C=O) groups is 4. The number of carboxylic acid groups (broad SMARTS) is 1. The Morgan fingerprint density at radius 3 is 1.91 bits per heavy atom. The summed E-state index contributed by atoms with van der Waals surface area (Å²) in [6, 6.07) is 9.93. The van der Waals surface area contributed by atoms with Crippen LogP contribution < -0.4 is 33.2 Å². The number of nitrogens with two attached hydrogens (primary N) is 3. The van der Waals surface area contributed by atoms with Crippen LogP contribution in [0.2, 0.25) is 0 Å². The molecule has 13 N–H and O–H groups in total. The van der Waals surface area contributed by atoms with Crippen molar-refractivity contribution in [3.63, 3.8) is 0 Å². The molecule has 0 aliphatic carbocycles. The van der Waals surface area contributed by atoms with Crippen molar-refractivity contribution in [3.05, 3.63) is 72.1 Å². The number of aliphatic carboxylic acids is 1. The molecule has 0 fully saturated rings. The number of benzene rings is 2. The van der Waals surface area contributed by atoms with Gasteiger partial charge in [-0.2, -0.15) is 0 Å². The highest BCUT2D eigenvalue weighted by molar-refractivity contribution is 5.95. The molecule has 0 spiro atoms. The van der Waals surface area contributed by atoms with Crippen molar-refractivity contribution in [1.82, 2.24) is 25.9 Å². The summed E-state index contributed by atoms with van der Waals surface area (Å²) in [7, 11) is 0. The Kier molecular flexibility index (Phi) is 11.5. The van der Waals surface area contributed by atoms with E-state index in [9.17, 15) is 29.4 Å². The van der Waals surface area contributed by atoms with Gasteiger partial charge in [-0.05, 0) is 49.4 Å². The molecule has 250 valence electrons. The molecule has 2 aromatic heterocycles. The molecular weight excluding hydrogens is 606 g/mol. The summed E-state index contributed by atoms with van der Waals surface area (Å²) >= 11 is 0. The predicted molar refractivity (Wildman–Crippen MR) is 177 cm³/mol. The number of fused-ring (bicyclic) bond motifs is 2. The minimum absolute atomic E-state index is 0.00804. The van der Waals surface area contributed by atoms with Crippen LogP contribution in [0.15, 0.2) is 65.9 Å². The number of nitrogens with one attached hydrogen (secondary N) is 5. The lowest BCUT2D eigenvalue weighted by molar-refractivity contribution is -0.143. The Morgan fingerprint density at radius 2 is 1.36 bits per heavy atom. The van der Waals surface area contributed by atoms with Crippen molar-refractivity contribution in [3.8, 4) is 0 Å². The summed E-state index contributed by atoms with van der Waals surface area (Å²) in [5, 5.41) is 29.4. The third kappa shape index (κ3) is 9.08. The molecule has 4 aromatic rings. The van der Waals surface area contributed by atoms with Crippen LogP contribution in [0.1, 0.15) is 30.9 Å². The van der Waals surface area contributed by atoms with E-state index in [1.54, 1.807) is 12.4 Å². The first-order valence-corrected chi connectivity index (χ1v) is 15.2. The van der Waals surface area contributed by atoms with Gasteiger partial charge in [0.25, 0.3) is 0 Å². The van der Waals surface area contributed by atoms with Crippen LogP contribution in [0.5, 0.6) is 0 Å². The monoisotopic (exact) mass is 647 g/mol. The molecule has 0 saturated carbocycles. The minimum atomic E-state index is -1.54. The lowest BCUT2D eigenvalue weighted by atomic mass is 10.0. The number of guanidine groups is 1. The number of hydrogen-bond acceptors (Lipinski definition) is 7. The molecule has 0 bridgehead atoms. The molecule has 4 rings (SSSR count). The molecule has 15 heteroatoms. The highest BCUT2D eigenvalue weighted by atomic mass is 16.4. The summed E-state index contributed by atoms with van der Waals surface area (Å²) in [6.45, 7) is 1.43. The SMILES string of the molecule is CC(O)C(NC(=O)C(Cc1c[nH]c2ccccc12)NC(=O)C(N)Cc1c[nH]c2ccccc12)C(=O)NC(CCCN=C(N)N)C(=O)O. The number of amides is 3. The highest BCUT2D eigenvalue weighted by Gasteiger charge is 2.33. The number of H-pyrrole nitrogens is 2. The molecule has 0 radical (unpaired) electrons. The maximum Gasteiger partial charge on any atom is 0.326 e. The van der Waals surface area contributed by atoms with E-state index in [-0.39, 0.29) is 38.2 Å². The Bertz CT molecular complexity index is 1740. The lowest BCUT2D eigenvalue weighted by Crippen LogP contribution is -2.60. The van der Waals surface area contributed by atoms with Gasteiger partial charge in [0.1, 0.15) is 18.1 Å². The van der Waals surface area contributed by atoms with Crippen molar-refractivity contribution < 1.29 is 29.4 Å². The van der Waals surface area contributed by atoms with Gasteiger partial charge in [0, 0.05) is 47.2 Å². The van der Waals surface area contributed by atoms with Crippen LogP contribution in [0.4, 0.5) is 0 Å². The van der Waals surface area contributed by atoms with Gasteiger partial charge in [-0.1, -0.05) is 36.4 Å². The zero-order valence-electron chi connectivity index (χ0n) is 25.9. The number of carbonyl (C=O) groups excluding carboxylic acids is 3. The first-order chi connectivity index (χ1) is 22.4. The first-order valence-electron chi connectivity index (χ1n) is 15.2. The molecule has 0 aliphatic heterocycles. The number of rotatable bonds is 16. The Hall–Kier alpha value is -5.41. The average Bonchev–Trinajstić information content (AvgIpc) is 3.64. The van der Waals surface area contributed by atoms with Crippen molar-refractivity contribution in [2.45, 2.75) is 62.9 Å². The Labute approximate surface area is 270 Å². The number of carboxylic acids is 1. The van der Waals surface area contributed by atoms with Crippen molar-refractivity contribution in [1.29, 1.82) is 0 Å². The van der Waals surface area contributed by atoms with Crippen molar-refractivity contribution in [2.75, 3.05) is 6.54 Å². The smallest absolute Gasteiger partial charge is 0.326 e. The predicted octanol–water partition coefficient (Wildman–Crippen LogP) is -0.265. The number of aliphatic hydroxyl groups is 1. The molecule has 47 heavy (non-hydrogen) atoms. The summed E-state index contributed by atoms with van der Waals surface area (Å²) in [5.74, 6) is -3.75. The number of aromatic amines is 2. The second kappa shape index (κ2) is 15.7. The Morgan fingerprint density at radius 1 is 0.809 bits per heavy atom. The zero-order valence-corrected chi connectivity index (χ0v) is 25.9. The molecule has 3 amide bonds. The van der Waals surface area contributed by atoms with E-state index in [1.165, 1.54) is 6.92 Å². The third-order valence-electron chi connectivity index (χ3n) is 7.81. The second-order valence-electron chi connectivity index (χ2n) is 11.4. The van der Waals surface area contributed by atoms with E-state index in [0.29, 0.717) is 0 Å². The van der Waals surface area contributed by atoms with Gasteiger partial charge in [0.05, 0.1) is 12.1 Å². The van der Waals surface area contributed by atoms with Crippen LogP contribution in [-0.2, 0) is 32.0 Å². The molecule has 15 nitrogen and oxygen atoms in total.